The summed E-state index contributed by atoms with van der Waals surface area (Å²) < 4.78 is 21.8. The molecule has 6 nitrogen and oxygen atoms in total. The van der Waals surface area contributed by atoms with Gasteiger partial charge in [-0.2, -0.15) is 0 Å². The highest BCUT2D eigenvalue weighted by Crippen LogP contribution is 2.43. The maximum Gasteiger partial charge on any atom is 0.155 e. The number of aliphatic hydroxyl groups is 2. The lowest BCUT2D eigenvalue weighted by molar-refractivity contribution is -0.0949. The molecule has 2 aliphatic rings. The van der Waals surface area contributed by atoms with E-state index in [-0.39, 0.29) is 30.8 Å². The smallest absolute Gasteiger partial charge is 0.155 e. The molecule has 1 saturated carbocycles. The number of fused-ring (bicyclic) bond motifs is 1. The van der Waals surface area contributed by atoms with Gasteiger partial charge in [-0.25, -0.2) is 0 Å². The molecule has 1 unspecified atom stereocenters. The van der Waals surface area contributed by atoms with E-state index in [2.05, 4.69) is 12.1 Å². The second kappa shape index (κ2) is 11.0. The SMILES string of the molecule is COCCOCO[C@H](/C=C/[C@@H]1[C@H]2CC(O)O[C@H]2C[C@H]1O)CCc1ccccc1. The first-order valence-corrected chi connectivity index (χ1v) is 10.1. The van der Waals surface area contributed by atoms with Gasteiger partial charge in [0.2, 0.25) is 0 Å². The van der Waals surface area contributed by atoms with Gasteiger partial charge in [0, 0.05) is 25.9 Å². The van der Waals surface area contributed by atoms with Crippen LogP contribution in [0.3, 0.4) is 0 Å². The molecule has 1 aromatic carbocycles. The molecule has 2 fully saturated rings. The van der Waals surface area contributed by atoms with Crippen LogP contribution in [0.25, 0.3) is 0 Å². The number of methoxy groups -OCH3 is 1. The second-order valence-electron chi connectivity index (χ2n) is 7.54. The summed E-state index contributed by atoms with van der Waals surface area (Å²) in [6.07, 6.45) is 5.63. The Kier molecular flexibility index (Phi) is 8.45. The molecule has 6 heteroatoms. The summed E-state index contributed by atoms with van der Waals surface area (Å²) >= 11 is 0. The number of hydrogen-bond acceptors (Lipinski definition) is 6. The highest BCUT2D eigenvalue weighted by molar-refractivity contribution is 5.15. The van der Waals surface area contributed by atoms with Gasteiger partial charge in [0.05, 0.1) is 31.5 Å². The zero-order chi connectivity index (χ0) is 19.8. The maximum atomic E-state index is 10.4. The third-order valence-electron chi connectivity index (χ3n) is 5.60. The Morgan fingerprint density at radius 2 is 2.00 bits per heavy atom. The minimum atomic E-state index is -0.710. The normalized spacial score (nSPS) is 30.8. The molecular weight excluding hydrogens is 360 g/mol. The predicted molar refractivity (Wildman–Crippen MR) is 105 cm³/mol. The molecule has 1 aromatic rings. The number of benzene rings is 1. The van der Waals surface area contributed by atoms with Gasteiger partial charge < -0.3 is 29.2 Å². The molecular formula is C22H32O6. The molecule has 156 valence electrons. The zero-order valence-electron chi connectivity index (χ0n) is 16.5. The lowest BCUT2D eigenvalue weighted by atomic mass is 9.91. The Morgan fingerprint density at radius 3 is 2.79 bits per heavy atom. The van der Waals surface area contributed by atoms with E-state index in [1.807, 2.05) is 30.4 Å². The Balaban J connectivity index is 1.56. The molecule has 3 rings (SSSR count). The standard InChI is InChI=1S/C22H32O6/c1-25-11-12-26-15-27-17(8-7-16-5-3-2-4-6-16)9-10-18-19-13-22(24)28-21(19)14-20(18)23/h2-6,9-10,17-24H,7-8,11-15H2,1H3/b10-9+/t17-,18+,19+,20+,21-,22?/m0/s1. The van der Waals surface area contributed by atoms with Crippen molar-refractivity contribution in [3.05, 3.63) is 48.0 Å². The van der Waals surface area contributed by atoms with Gasteiger partial charge in [-0.05, 0) is 24.3 Å². The van der Waals surface area contributed by atoms with Gasteiger partial charge in [-0.1, -0.05) is 42.5 Å². The lowest BCUT2D eigenvalue weighted by Crippen LogP contribution is -2.20. The summed E-state index contributed by atoms with van der Waals surface area (Å²) in [6, 6.07) is 10.3. The first kappa shape index (κ1) is 21.4. The van der Waals surface area contributed by atoms with Gasteiger partial charge in [0.15, 0.2) is 6.29 Å². The fraction of sp³-hybridized carbons (Fsp3) is 0.636. The number of ether oxygens (including phenoxy) is 4. The van der Waals surface area contributed by atoms with E-state index in [4.69, 9.17) is 18.9 Å². The number of rotatable bonds is 11. The molecule has 2 N–H and O–H groups in total. The van der Waals surface area contributed by atoms with Crippen LogP contribution in [0, 0.1) is 11.8 Å². The number of aryl methyl sites for hydroxylation is 1. The molecule has 0 spiro atoms. The largest absolute Gasteiger partial charge is 0.392 e. The highest BCUT2D eigenvalue weighted by atomic mass is 16.7. The molecule has 1 heterocycles. The Labute approximate surface area is 167 Å². The van der Waals surface area contributed by atoms with Gasteiger partial charge in [0.25, 0.3) is 0 Å². The van der Waals surface area contributed by atoms with E-state index in [0.717, 1.165) is 12.8 Å². The van der Waals surface area contributed by atoms with Crippen LogP contribution in [0.15, 0.2) is 42.5 Å². The minimum absolute atomic E-state index is 0.0145. The van der Waals surface area contributed by atoms with Crippen LogP contribution in [-0.2, 0) is 25.4 Å². The van der Waals surface area contributed by atoms with Crippen molar-refractivity contribution in [1.82, 2.24) is 0 Å². The Morgan fingerprint density at radius 1 is 1.18 bits per heavy atom. The van der Waals surface area contributed by atoms with Gasteiger partial charge in [0.1, 0.15) is 6.79 Å². The van der Waals surface area contributed by atoms with E-state index in [9.17, 15) is 10.2 Å². The van der Waals surface area contributed by atoms with Gasteiger partial charge in [-0.3, -0.25) is 0 Å². The molecule has 0 aromatic heterocycles. The summed E-state index contributed by atoms with van der Waals surface area (Å²) in [4.78, 5) is 0. The van der Waals surface area contributed by atoms with Crippen LogP contribution in [0.1, 0.15) is 24.8 Å². The summed E-state index contributed by atoms with van der Waals surface area (Å²) in [6.45, 7) is 1.23. The first-order chi connectivity index (χ1) is 13.7. The average molecular weight is 392 g/mol. The van der Waals surface area contributed by atoms with Crippen LogP contribution in [0.4, 0.5) is 0 Å². The Bertz CT molecular complexity index is 592. The van der Waals surface area contributed by atoms with Crippen molar-refractivity contribution in [2.75, 3.05) is 27.1 Å². The molecule has 6 atom stereocenters. The van der Waals surface area contributed by atoms with Crippen LogP contribution in [0.2, 0.25) is 0 Å². The van der Waals surface area contributed by atoms with Crippen LogP contribution in [-0.4, -0.2) is 61.9 Å². The zero-order valence-corrected chi connectivity index (χ0v) is 16.5. The summed E-state index contributed by atoms with van der Waals surface area (Å²) in [5.74, 6) is 0.147. The third kappa shape index (κ3) is 6.11. The topological polar surface area (TPSA) is 77.4 Å². The fourth-order valence-corrected chi connectivity index (χ4v) is 4.11. The quantitative estimate of drug-likeness (QED) is 0.342. The number of hydrogen-bond donors (Lipinski definition) is 2. The molecule has 1 saturated heterocycles. The first-order valence-electron chi connectivity index (χ1n) is 10.1. The predicted octanol–water partition coefficient (Wildman–Crippen LogP) is 2.29. The molecule has 0 radical (unpaired) electrons. The molecule has 1 aliphatic heterocycles. The van der Waals surface area contributed by atoms with Crippen molar-refractivity contribution >= 4 is 0 Å². The van der Waals surface area contributed by atoms with Crippen molar-refractivity contribution in [2.24, 2.45) is 11.8 Å². The van der Waals surface area contributed by atoms with Crippen LogP contribution in [0.5, 0.6) is 0 Å². The molecule has 28 heavy (non-hydrogen) atoms. The maximum absolute atomic E-state index is 10.4. The van der Waals surface area contributed by atoms with Crippen molar-refractivity contribution in [3.8, 4) is 0 Å². The summed E-state index contributed by atoms with van der Waals surface area (Å²) in [5, 5.41) is 20.1. The second-order valence-corrected chi connectivity index (χ2v) is 7.54. The van der Waals surface area contributed by atoms with E-state index in [0.29, 0.717) is 26.1 Å². The van der Waals surface area contributed by atoms with Crippen LogP contribution >= 0.6 is 0 Å². The third-order valence-corrected chi connectivity index (χ3v) is 5.60. The summed E-state index contributed by atoms with van der Waals surface area (Å²) in [7, 11) is 1.64. The molecule has 0 bridgehead atoms. The highest BCUT2D eigenvalue weighted by Gasteiger charge is 2.47. The van der Waals surface area contributed by atoms with E-state index < -0.39 is 12.4 Å². The van der Waals surface area contributed by atoms with Crippen molar-refractivity contribution in [1.29, 1.82) is 0 Å². The minimum Gasteiger partial charge on any atom is -0.392 e. The fourth-order valence-electron chi connectivity index (χ4n) is 4.11. The molecule has 1 aliphatic carbocycles. The van der Waals surface area contributed by atoms with E-state index in [1.165, 1.54) is 5.56 Å². The summed E-state index contributed by atoms with van der Waals surface area (Å²) in [5.41, 5.74) is 1.26. The number of aliphatic hydroxyl groups excluding tert-OH is 2. The van der Waals surface area contributed by atoms with E-state index >= 15 is 0 Å². The van der Waals surface area contributed by atoms with Gasteiger partial charge >= 0.3 is 0 Å². The van der Waals surface area contributed by atoms with Crippen molar-refractivity contribution in [2.45, 2.75) is 50.3 Å². The van der Waals surface area contributed by atoms with Gasteiger partial charge in [-0.15, -0.1) is 0 Å². The molecule has 0 amide bonds. The monoisotopic (exact) mass is 392 g/mol. The average Bonchev–Trinajstić information content (AvgIpc) is 3.18. The lowest BCUT2D eigenvalue weighted by Gasteiger charge is -2.19. The van der Waals surface area contributed by atoms with Crippen molar-refractivity contribution < 1.29 is 29.2 Å². The van der Waals surface area contributed by atoms with E-state index in [1.54, 1.807) is 7.11 Å². The van der Waals surface area contributed by atoms with Crippen LogP contribution < -0.4 is 0 Å². The Hall–Kier alpha value is -1.28. The van der Waals surface area contributed by atoms with Crippen molar-refractivity contribution in [3.63, 3.8) is 0 Å².